The molecule has 7 nitrogen and oxygen atoms in total. The van der Waals surface area contributed by atoms with Crippen LogP contribution in [0.5, 0.6) is 0 Å². The lowest BCUT2D eigenvalue weighted by atomic mass is 10.0. The molecule has 0 aliphatic heterocycles. The molecule has 1 aromatic carbocycles. The highest BCUT2D eigenvalue weighted by Gasteiger charge is 2.61. The lowest BCUT2D eigenvalue weighted by molar-refractivity contribution is -0.137. The van der Waals surface area contributed by atoms with Gasteiger partial charge in [0.1, 0.15) is 0 Å². The minimum atomic E-state index is -4.54. The molecule has 11 heteroatoms. The highest BCUT2D eigenvalue weighted by Crippen LogP contribution is 2.69. The van der Waals surface area contributed by atoms with Crippen molar-refractivity contribution in [3.63, 3.8) is 0 Å². The number of nitrogens with two attached hydrogens (primary N) is 1. The Labute approximate surface area is 172 Å². The Bertz CT molecular complexity index is 1040. The topological polar surface area (TPSA) is 118 Å². The van der Waals surface area contributed by atoms with E-state index in [1.807, 2.05) is 30.3 Å². The predicted molar refractivity (Wildman–Crippen MR) is 101 cm³/mol. The first-order valence-electron chi connectivity index (χ1n) is 8.77. The van der Waals surface area contributed by atoms with Crippen LogP contribution in [0.15, 0.2) is 53.3 Å². The maximum atomic E-state index is 13.2. The normalized spacial score (nSPS) is 20.8. The number of pyridine rings is 1. The first-order chi connectivity index (χ1) is 14.0. The van der Waals surface area contributed by atoms with E-state index in [0.717, 1.165) is 11.8 Å². The Kier molecular flexibility index (Phi) is 6.06. The number of alkyl halides is 3. The van der Waals surface area contributed by atoms with Gasteiger partial charge in [-0.15, -0.1) is 0 Å². The number of benzene rings is 1. The summed E-state index contributed by atoms with van der Waals surface area (Å²) in [6.45, 7) is 4.19. The van der Waals surface area contributed by atoms with Crippen LogP contribution in [0.1, 0.15) is 42.6 Å². The highest BCUT2D eigenvalue weighted by atomic mass is 32.2. The van der Waals surface area contributed by atoms with Crippen LogP contribution in [0.4, 0.5) is 13.2 Å². The molecule has 1 aliphatic rings. The van der Waals surface area contributed by atoms with Gasteiger partial charge in [-0.05, 0) is 17.0 Å². The van der Waals surface area contributed by atoms with E-state index >= 15 is 0 Å². The zero-order valence-electron chi connectivity index (χ0n) is 16.0. The largest absolute Gasteiger partial charge is 0.760 e. The van der Waals surface area contributed by atoms with E-state index in [9.17, 15) is 13.2 Å². The summed E-state index contributed by atoms with van der Waals surface area (Å²) in [5, 5.41) is 8.00. The Hall–Kier alpha value is -2.63. The standard InChI is InChI=1S/C19H16F3N3O.H3NO2S/c1-18(2)14(11-6-4-3-5-7-11)15(18)16-24-17(26-25-16)12-8-9-23-10-13(12)19(20,21)22;1-4(2)3/h3-10,14-15H,1-2H3;1H2,(H,2,3)/p-1/t14-,15+;/m0./s1. The van der Waals surface area contributed by atoms with Crippen LogP contribution in [0.3, 0.4) is 0 Å². The van der Waals surface area contributed by atoms with Gasteiger partial charge in [0.05, 0.1) is 11.1 Å². The monoisotopic (exact) mass is 439 g/mol. The van der Waals surface area contributed by atoms with Crippen LogP contribution >= 0.6 is 0 Å². The molecule has 1 saturated carbocycles. The summed E-state index contributed by atoms with van der Waals surface area (Å²) in [5.41, 5.74) is 0.0349. The van der Waals surface area contributed by atoms with Gasteiger partial charge in [0.2, 0.25) is 0 Å². The Morgan fingerprint density at radius 1 is 1.17 bits per heavy atom. The zero-order valence-corrected chi connectivity index (χ0v) is 16.8. The molecule has 1 fully saturated rings. The predicted octanol–water partition coefficient (Wildman–Crippen LogP) is 3.80. The van der Waals surface area contributed by atoms with Crippen LogP contribution < -0.4 is 5.14 Å². The molecular weight excluding hydrogens is 421 g/mol. The van der Waals surface area contributed by atoms with E-state index < -0.39 is 23.0 Å². The Morgan fingerprint density at radius 3 is 2.40 bits per heavy atom. The number of hydrogen-bond acceptors (Lipinski definition) is 6. The number of aromatic nitrogens is 3. The lowest BCUT2D eigenvalue weighted by Crippen LogP contribution is -2.07. The first-order valence-corrected chi connectivity index (χ1v) is 9.91. The molecule has 2 heterocycles. The van der Waals surface area contributed by atoms with Crippen LogP contribution in [0.2, 0.25) is 0 Å². The smallest absolute Gasteiger partial charge is 0.418 e. The molecule has 4 rings (SSSR count). The summed E-state index contributed by atoms with van der Waals surface area (Å²) in [5.74, 6) is 0.500. The molecule has 0 spiro atoms. The van der Waals surface area contributed by atoms with E-state index in [1.54, 1.807) is 0 Å². The zero-order chi connectivity index (χ0) is 22.1. The SMILES string of the molecule is CC1(C)[C@@H](c2ccccc2)[C@@H]1c1noc(-c2ccncc2C(F)(F)F)n1.NS(=O)[O-]. The molecule has 2 N–H and O–H groups in total. The van der Waals surface area contributed by atoms with E-state index in [1.165, 1.54) is 12.3 Å². The number of hydrogen-bond donors (Lipinski definition) is 1. The van der Waals surface area contributed by atoms with Gasteiger partial charge < -0.3 is 9.08 Å². The molecule has 1 aliphatic carbocycles. The van der Waals surface area contributed by atoms with E-state index in [-0.39, 0.29) is 28.7 Å². The summed E-state index contributed by atoms with van der Waals surface area (Å²) in [6.07, 6.45) is -2.49. The van der Waals surface area contributed by atoms with Gasteiger partial charge >= 0.3 is 6.18 Å². The van der Waals surface area contributed by atoms with Crippen LogP contribution in [0.25, 0.3) is 11.5 Å². The van der Waals surface area contributed by atoms with Crippen molar-refractivity contribution in [1.82, 2.24) is 15.1 Å². The average Bonchev–Trinajstić information content (AvgIpc) is 3.01. The molecule has 3 atom stereocenters. The van der Waals surface area contributed by atoms with Crippen molar-refractivity contribution in [3.05, 3.63) is 65.7 Å². The fourth-order valence-electron chi connectivity index (χ4n) is 3.68. The van der Waals surface area contributed by atoms with Crippen molar-refractivity contribution in [1.29, 1.82) is 0 Å². The summed E-state index contributed by atoms with van der Waals surface area (Å²) in [4.78, 5) is 7.84. The molecule has 1 unspecified atom stereocenters. The van der Waals surface area contributed by atoms with Crippen molar-refractivity contribution in [3.8, 4) is 11.5 Å². The second kappa shape index (κ2) is 8.25. The maximum absolute atomic E-state index is 13.2. The van der Waals surface area contributed by atoms with Gasteiger partial charge in [-0.25, -0.2) is 0 Å². The fourth-order valence-corrected chi connectivity index (χ4v) is 3.68. The summed E-state index contributed by atoms with van der Waals surface area (Å²) in [7, 11) is 0. The number of rotatable bonds is 3. The minimum Gasteiger partial charge on any atom is -0.760 e. The van der Waals surface area contributed by atoms with Gasteiger partial charge in [-0.1, -0.05) is 49.3 Å². The van der Waals surface area contributed by atoms with Gasteiger partial charge in [-0.2, -0.15) is 18.2 Å². The molecule has 0 amide bonds. The fraction of sp³-hybridized carbons (Fsp3) is 0.316. The second-order valence-electron chi connectivity index (χ2n) is 7.32. The quantitative estimate of drug-likeness (QED) is 0.620. The van der Waals surface area contributed by atoms with Crippen molar-refractivity contribution in [2.24, 2.45) is 10.6 Å². The summed E-state index contributed by atoms with van der Waals surface area (Å²) in [6, 6.07) is 11.2. The van der Waals surface area contributed by atoms with Crippen molar-refractivity contribution < 1.29 is 26.5 Å². The molecule has 0 bridgehead atoms. The summed E-state index contributed by atoms with van der Waals surface area (Å²) < 4.78 is 62.3. The molecule has 2 aromatic heterocycles. The van der Waals surface area contributed by atoms with Gasteiger partial charge in [-0.3, -0.25) is 14.3 Å². The molecule has 3 aromatic rings. The van der Waals surface area contributed by atoms with Gasteiger partial charge in [0, 0.05) is 35.5 Å². The second-order valence-corrected chi connectivity index (χ2v) is 7.85. The van der Waals surface area contributed by atoms with Crippen LogP contribution in [-0.2, 0) is 17.4 Å². The molecule has 30 heavy (non-hydrogen) atoms. The van der Waals surface area contributed by atoms with Gasteiger partial charge in [0.15, 0.2) is 5.82 Å². The lowest BCUT2D eigenvalue weighted by Gasteiger charge is -2.08. The van der Waals surface area contributed by atoms with Crippen LogP contribution in [0, 0.1) is 5.41 Å². The van der Waals surface area contributed by atoms with Crippen molar-refractivity contribution in [2.75, 3.05) is 0 Å². The molecule has 0 radical (unpaired) electrons. The molecular formula is C19H18F3N4O3S-. The van der Waals surface area contributed by atoms with Crippen molar-refractivity contribution in [2.45, 2.75) is 31.9 Å². The Balaban J connectivity index is 0.000000589. The van der Waals surface area contributed by atoms with E-state index in [0.29, 0.717) is 5.82 Å². The average molecular weight is 439 g/mol. The van der Waals surface area contributed by atoms with E-state index in [4.69, 9.17) is 13.3 Å². The Morgan fingerprint density at radius 2 is 1.80 bits per heavy atom. The third kappa shape index (κ3) is 4.58. The van der Waals surface area contributed by atoms with E-state index in [2.05, 4.69) is 34.1 Å². The number of nitrogens with zero attached hydrogens (tertiary/aromatic N) is 3. The van der Waals surface area contributed by atoms with Crippen LogP contribution in [-0.4, -0.2) is 23.9 Å². The highest BCUT2D eigenvalue weighted by molar-refractivity contribution is 7.76. The van der Waals surface area contributed by atoms with Crippen molar-refractivity contribution >= 4 is 11.3 Å². The first kappa shape index (κ1) is 22.1. The third-order valence-electron chi connectivity index (χ3n) is 5.06. The maximum Gasteiger partial charge on any atom is 0.418 e. The number of halogens is 3. The molecule has 160 valence electrons. The summed E-state index contributed by atoms with van der Waals surface area (Å²) >= 11 is -2.36. The minimum absolute atomic E-state index is 0.00132. The third-order valence-corrected chi connectivity index (χ3v) is 5.06. The molecule has 0 saturated heterocycles. The van der Waals surface area contributed by atoms with Gasteiger partial charge in [0.25, 0.3) is 5.89 Å².